The molecule has 2 aromatic heterocycles. The maximum atomic E-state index is 6.64. The molecule has 0 nitrogen and oxygen atoms in total. The fourth-order valence-electron chi connectivity index (χ4n) is 2.18. The van der Waals surface area contributed by atoms with Crippen molar-refractivity contribution in [3.05, 3.63) is 56.6 Å². The van der Waals surface area contributed by atoms with Crippen LogP contribution < -0.4 is 0 Å². The Morgan fingerprint density at radius 1 is 1.06 bits per heavy atom. The molecule has 0 N–H and O–H groups in total. The maximum Gasteiger partial charge on any atom is 0.0938 e. The van der Waals surface area contributed by atoms with Gasteiger partial charge in [-0.15, -0.1) is 34.3 Å². The van der Waals surface area contributed by atoms with Gasteiger partial charge in [-0.25, -0.2) is 0 Å². The molecule has 0 aliphatic carbocycles. The number of hydrogen-bond acceptors (Lipinski definition) is 2. The molecule has 1 aromatic carbocycles. The van der Waals surface area contributed by atoms with Crippen molar-refractivity contribution in [2.75, 3.05) is 0 Å². The second-order valence-electron chi connectivity index (χ2n) is 4.42. The summed E-state index contributed by atoms with van der Waals surface area (Å²) >= 11 is 10.2. The van der Waals surface area contributed by atoms with Crippen molar-refractivity contribution < 1.29 is 0 Å². The van der Waals surface area contributed by atoms with Gasteiger partial charge in [-0.2, -0.15) is 0 Å². The number of aryl methyl sites for hydroxylation is 2. The molecule has 2 heterocycles. The quantitative estimate of drug-likeness (QED) is 0.515. The van der Waals surface area contributed by atoms with E-state index in [9.17, 15) is 0 Å². The molecule has 3 aromatic rings. The van der Waals surface area contributed by atoms with Gasteiger partial charge in [-0.05, 0) is 43.0 Å². The smallest absolute Gasteiger partial charge is 0.0938 e. The topological polar surface area (TPSA) is 0 Å². The van der Waals surface area contributed by atoms with Crippen LogP contribution in [0.4, 0.5) is 0 Å². The van der Waals surface area contributed by atoms with E-state index in [1.54, 1.807) is 11.3 Å². The number of hydrogen-bond donors (Lipinski definition) is 0. The second kappa shape index (κ2) is 4.69. The highest BCUT2D eigenvalue weighted by molar-refractivity contribution is 7.19. The molecule has 3 heteroatoms. The first-order chi connectivity index (χ1) is 8.65. The van der Waals surface area contributed by atoms with Crippen LogP contribution in [-0.4, -0.2) is 0 Å². The molecule has 1 unspecified atom stereocenters. The summed E-state index contributed by atoms with van der Waals surface area (Å²) in [5.74, 6) is 0. The minimum absolute atomic E-state index is 0.0210. The van der Waals surface area contributed by atoms with Crippen molar-refractivity contribution in [2.45, 2.75) is 19.2 Å². The molecule has 0 amide bonds. The fourth-order valence-corrected chi connectivity index (χ4v) is 4.70. The summed E-state index contributed by atoms with van der Waals surface area (Å²) in [5, 5.41) is 1.26. The third kappa shape index (κ3) is 2.09. The molecule has 0 aliphatic rings. The Hall–Kier alpha value is -0.830. The average Bonchev–Trinajstić information content (AvgIpc) is 2.91. The van der Waals surface area contributed by atoms with Crippen LogP contribution in [0.5, 0.6) is 0 Å². The van der Waals surface area contributed by atoms with Crippen LogP contribution in [0, 0.1) is 13.8 Å². The highest BCUT2D eigenvalue weighted by Crippen LogP contribution is 2.40. The molecule has 92 valence electrons. The summed E-state index contributed by atoms with van der Waals surface area (Å²) in [6.07, 6.45) is 0. The summed E-state index contributed by atoms with van der Waals surface area (Å²) < 4.78 is 1.31. The Bertz CT molecular complexity index is 660. The van der Waals surface area contributed by atoms with Gasteiger partial charge in [0.15, 0.2) is 0 Å². The minimum atomic E-state index is -0.0210. The molecule has 18 heavy (non-hydrogen) atoms. The van der Waals surface area contributed by atoms with E-state index in [4.69, 9.17) is 11.6 Å². The van der Waals surface area contributed by atoms with Gasteiger partial charge >= 0.3 is 0 Å². The zero-order chi connectivity index (χ0) is 12.7. The first-order valence-corrected chi connectivity index (χ1v) is 7.91. The average molecular weight is 293 g/mol. The fraction of sp³-hybridized carbons (Fsp3) is 0.200. The molecule has 0 aliphatic heterocycles. The highest BCUT2D eigenvalue weighted by Gasteiger charge is 2.17. The van der Waals surface area contributed by atoms with Gasteiger partial charge < -0.3 is 0 Å². The van der Waals surface area contributed by atoms with Crippen molar-refractivity contribution >= 4 is 44.4 Å². The van der Waals surface area contributed by atoms with Crippen molar-refractivity contribution in [3.63, 3.8) is 0 Å². The monoisotopic (exact) mass is 292 g/mol. The van der Waals surface area contributed by atoms with Gasteiger partial charge in [0.2, 0.25) is 0 Å². The molecule has 0 saturated carbocycles. The lowest BCUT2D eigenvalue weighted by Crippen LogP contribution is -1.89. The van der Waals surface area contributed by atoms with Crippen LogP contribution >= 0.6 is 34.3 Å². The van der Waals surface area contributed by atoms with Gasteiger partial charge in [0, 0.05) is 19.3 Å². The highest BCUT2D eigenvalue weighted by atomic mass is 35.5. The zero-order valence-corrected chi connectivity index (χ0v) is 12.6. The Kier molecular flexibility index (Phi) is 3.18. The van der Waals surface area contributed by atoms with Crippen LogP contribution in [0.15, 0.2) is 36.4 Å². The van der Waals surface area contributed by atoms with Gasteiger partial charge in [-0.1, -0.05) is 18.2 Å². The van der Waals surface area contributed by atoms with E-state index in [-0.39, 0.29) is 5.38 Å². The molecule has 0 spiro atoms. The molecular formula is C15H13ClS2. The number of benzene rings is 1. The molecule has 0 bridgehead atoms. The van der Waals surface area contributed by atoms with Crippen molar-refractivity contribution in [1.29, 1.82) is 0 Å². The largest absolute Gasteiger partial charge is 0.146 e. The lowest BCUT2D eigenvalue weighted by molar-refractivity contribution is 1.17. The van der Waals surface area contributed by atoms with E-state index in [0.29, 0.717) is 0 Å². The van der Waals surface area contributed by atoms with Crippen LogP contribution in [0.2, 0.25) is 0 Å². The predicted molar refractivity (Wildman–Crippen MR) is 83.3 cm³/mol. The normalized spacial score (nSPS) is 13.1. The molecule has 0 radical (unpaired) electrons. The Morgan fingerprint density at radius 2 is 1.83 bits per heavy atom. The molecular weight excluding hydrogens is 280 g/mol. The van der Waals surface area contributed by atoms with Gasteiger partial charge in [0.05, 0.1) is 5.38 Å². The number of alkyl halides is 1. The van der Waals surface area contributed by atoms with Crippen molar-refractivity contribution in [2.24, 2.45) is 0 Å². The van der Waals surface area contributed by atoms with E-state index in [1.807, 2.05) is 11.3 Å². The van der Waals surface area contributed by atoms with Crippen LogP contribution in [0.1, 0.15) is 25.6 Å². The van der Waals surface area contributed by atoms with E-state index >= 15 is 0 Å². The molecule has 3 rings (SSSR count). The standard InChI is InChI=1S/C15H13ClS2/c1-9-7-12(10(2)17-9)15(16)14-8-11-5-3-4-6-13(11)18-14/h3-8,15H,1-2H3. The van der Waals surface area contributed by atoms with E-state index in [0.717, 1.165) is 0 Å². The SMILES string of the molecule is Cc1cc(C(Cl)c2cc3ccccc3s2)c(C)s1. The van der Waals surface area contributed by atoms with Crippen LogP contribution in [-0.2, 0) is 0 Å². The number of thiophene rings is 2. The zero-order valence-electron chi connectivity index (χ0n) is 10.2. The second-order valence-corrected chi connectivity index (χ2v) is 7.43. The number of rotatable bonds is 2. The summed E-state index contributed by atoms with van der Waals surface area (Å²) in [6.45, 7) is 4.28. The number of fused-ring (bicyclic) bond motifs is 1. The lowest BCUT2D eigenvalue weighted by atomic mass is 10.1. The Morgan fingerprint density at radius 3 is 2.50 bits per heavy atom. The summed E-state index contributed by atoms with van der Waals surface area (Å²) in [7, 11) is 0. The first-order valence-electron chi connectivity index (χ1n) is 5.84. The van der Waals surface area contributed by atoms with Crippen LogP contribution in [0.25, 0.3) is 10.1 Å². The van der Waals surface area contributed by atoms with Gasteiger partial charge in [0.25, 0.3) is 0 Å². The third-order valence-electron chi connectivity index (χ3n) is 3.05. The van der Waals surface area contributed by atoms with Gasteiger partial charge in [-0.3, -0.25) is 0 Å². The van der Waals surface area contributed by atoms with E-state index in [1.165, 1.54) is 30.3 Å². The van der Waals surface area contributed by atoms with E-state index in [2.05, 4.69) is 50.2 Å². The maximum absolute atomic E-state index is 6.64. The minimum Gasteiger partial charge on any atom is -0.146 e. The van der Waals surface area contributed by atoms with E-state index < -0.39 is 0 Å². The van der Waals surface area contributed by atoms with Crippen molar-refractivity contribution in [3.8, 4) is 0 Å². The van der Waals surface area contributed by atoms with Crippen molar-refractivity contribution in [1.82, 2.24) is 0 Å². The first kappa shape index (κ1) is 12.2. The molecule has 0 fully saturated rings. The third-order valence-corrected chi connectivity index (χ3v) is 5.81. The Balaban J connectivity index is 2.06. The summed E-state index contributed by atoms with van der Waals surface area (Å²) in [4.78, 5) is 3.89. The summed E-state index contributed by atoms with van der Waals surface area (Å²) in [6, 6.07) is 12.9. The summed E-state index contributed by atoms with van der Waals surface area (Å²) in [5.41, 5.74) is 1.26. The van der Waals surface area contributed by atoms with Gasteiger partial charge in [0.1, 0.15) is 0 Å². The van der Waals surface area contributed by atoms with Crippen LogP contribution in [0.3, 0.4) is 0 Å². The Labute approximate surface area is 120 Å². The predicted octanol–water partition coefficient (Wildman–Crippen LogP) is 5.91. The molecule has 0 saturated heterocycles. The molecule has 1 atom stereocenters. The lowest BCUT2D eigenvalue weighted by Gasteiger charge is -2.05. The number of halogens is 1.